The van der Waals surface area contributed by atoms with Gasteiger partial charge in [-0.15, -0.1) is 0 Å². The summed E-state index contributed by atoms with van der Waals surface area (Å²) in [5.74, 6) is -0.557. The maximum Gasteiger partial charge on any atom is 0.267 e. The summed E-state index contributed by atoms with van der Waals surface area (Å²) in [4.78, 5) is 10.7. The van der Waals surface area contributed by atoms with E-state index in [1.165, 1.54) is 11.6 Å². The Kier molecular flexibility index (Phi) is 5.95. The van der Waals surface area contributed by atoms with Gasteiger partial charge in [-0.1, -0.05) is 24.3 Å². The van der Waals surface area contributed by atoms with Crippen LogP contribution in [0.5, 0.6) is 0 Å². The van der Waals surface area contributed by atoms with Crippen molar-refractivity contribution in [1.82, 2.24) is 10.8 Å². The lowest BCUT2D eigenvalue weighted by Gasteiger charge is -2.03. The van der Waals surface area contributed by atoms with Gasteiger partial charge in [-0.2, -0.15) is 0 Å². The molecule has 0 atom stereocenters. The maximum atomic E-state index is 10.7. The second kappa shape index (κ2) is 7.56. The lowest BCUT2D eigenvalue weighted by molar-refractivity contribution is -0.124. The van der Waals surface area contributed by atoms with Crippen LogP contribution in [0.2, 0.25) is 0 Å². The molecule has 0 bridgehead atoms. The molecule has 1 amide bonds. The van der Waals surface area contributed by atoms with Crippen molar-refractivity contribution in [3.63, 3.8) is 0 Å². The topological polar surface area (TPSA) is 81.6 Å². The van der Waals surface area contributed by atoms with Crippen molar-refractivity contribution in [2.75, 3.05) is 13.2 Å². The summed E-state index contributed by atoms with van der Waals surface area (Å²) >= 11 is 0. The van der Waals surface area contributed by atoms with E-state index in [1.807, 2.05) is 24.3 Å². The maximum absolute atomic E-state index is 10.7. The molecule has 0 aliphatic heterocycles. The second-order valence-electron chi connectivity index (χ2n) is 3.45. The van der Waals surface area contributed by atoms with Crippen molar-refractivity contribution in [3.05, 3.63) is 41.5 Å². The van der Waals surface area contributed by atoms with E-state index in [-0.39, 0.29) is 6.61 Å². The number of aliphatic hydroxyl groups excluding tert-OH is 1. The Morgan fingerprint density at radius 3 is 2.59 bits per heavy atom. The van der Waals surface area contributed by atoms with Gasteiger partial charge in [0, 0.05) is 19.2 Å². The van der Waals surface area contributed by atoms with Crippen LogP contribution in [0.1, 0.15) is 11.1 Å². The molecule has 0 unspecified atom stereocenters. The highest BCUT2D eigenvalue weighted by Crippen LogP contribution is 2.05. The molecule has 1 aromatic carbocycles. The molecule has 0 saturated heterocycles. The van der Waals surface area contributed by atoms with Gasteiger partial charge in [0.25, 0.3) is 5.91 Å². The van der Waals surface area contributed by atoms with Gasteiger partial charge in [0.2, 0.25) is 0 Å². The molecular formula is C12H16N2O3. The molecule has 4 N–H and O–H groups in total. The smallest absolute Gasteiger partial charge is 0.267 e. The van der Waals surface area contributed by atoms with Gasteiger partial charge < -0.3 is 10.4 Å². The fourth-order valence-corrected chi connectivity index (χ4v) is 1.27. The molecular weight excluding hydrogens is 220 g/mol. The van der Waals surface area contributed by atoms with E-state index in [2.05, 4.69) is 5.32 Å². The van der Waals surface area contributed by atoms with Crippen molar-refractivity contribution in [2.45, 2.75) is 6.54 Å². The summed E-state index contributed by atoms with van der Waals surface area (Å²) in [7, 11) is 0. The van der Waals surface area contributed by atoms with Crippen LogP contribution in [-0.2, 0) is 11.3 Å². The van der Waals surface area contributed by atoms with Crippen molar-refractivity contribution < 1.29 is 15.1 Å². The predicted molar refractivity (Wildman–Crippen MR) is 64.2 cm³/mol. The van der Waals surface area contributed by atoms with Crippen molar-refractivity contribution >= 4 is 12.0 Å². The van der Waals surface area contributed by atoms with E-state index >= 15 is 0 Å². The minimum absolute atomic E-state index is 0.122. The van der Waals surface area contributed by atoms with Crippen LogP contribution in [0.15, 0.2) is 30.3 Å². The molecule has 0 saturated carbocycles. The molecule has 17 heavy (non-hydrogen) atoms. The van der Waals surface area contributed by atoms with Crippen LogP contribution in [-0.4, -0.2) is 29.4 Å². The number of rotatable bonds is 6. The van der Waals surface area contributed by atoms with Crippen molar-refractivity contribution in [1.29, 1.82) is 0 Å². The highest BCUT2D eigenvalue weighted by molar-refractivity contribution is 5.90. The summed E-state index contributed by atoms with van der Waals surface area (Å²) in [5.41, 5.74) is 3.50. The van der Waals surface area contributed by atoms with E-state index in [1.54, 1.807) is 6.08 Å². The molecule has 92 valence electrons. The van der Waals surface area contributed by atoms with Gasteiger partial charge in [0.1, 0.15) is 0 Å². The number of hydroxylamine groups is 1. The number of aliphatic hydroxyl groups is 1. The van der Waals surface area contributed by atoms with Gasteiger partial charge in [0.05, 0.1) is 6.61 Å². The largest absolute Gasteiger partial charge is 0.395 e. The number of benzene rings is 1. The number of nitrogens with one attached hydrogen (secondary N) is 2. The van der Waals surface area contributed by atoms with Crippen molar-refractivity contribution in [2.24, 2.45) is 0 Å². The first-order valence-electron chi connectivity index (χ1n) is 5.29. The summed E-state index contributed by atoms with van der Waals surface area (Å²) in [6.45, 7) is 1.39. The molecule has 0 fully saturated rings. The van der Waals surface area contributed by atoms with E-state index < -0.39 is 5.91 Å². The average Bonchev–Trinajstić information content (AvgIpc) is 2.37. The highest BCUT2D eigenvalue weighted by Gasteiger charge is 1.94. The summed E-state index contributed by atoms with van der Waals surface area (Å²) in [6.07, 6.45) is 2.86. The minimum atomic E-state index is -0.557. The molecule has 0 spiro atoms. The van der Waals surface area contributed by atoms with Crippen molar-refractivity contribution in [3.8, 4) is 0 Å². The lowest BCUT2D eigenvalue weighted by atomic mass is 10.1. The lowest BCUT2D eigenvalue weighted by Crippen LogP contribution is -2.17. The summed E-state index contributed by atoms with van der Waals surface area (Å²) in [6, 6.07) is 7.61. The SMILES string of the molecule is O=C(/C=C/c1ccc(CNCCO)cc1)NO. The first kappa shape index (κ1) is 13.4. The number of carbonyl (C=O) groups is 1. The Labute approximate surface area is 99.7 Å². The number of hydrogen-bond acceptors (Lipinski definition) is 4. The zero-order valence-corrected chi connectivity index (χ0v) is 9.39. The molecule has 1 rings (SSSR count). The van der Waals surface area contributed by atoms with Crippen LogP contribution in [0, 0.1) is 0 Å². The van der Waals surface area contributed by atoms with Crippen LogP contribution >= 0.6 is 0 Å². The fraction of sp³-hybridized carbons (Fsp3) is 0.250. The second-order valence-corrected chi connectivity index (χ2v) is 3.45. The molecule has 5 nitrogen and oxygen atoms in total. The Balaban J connectivity index is 2.50. The molecule has 0 aliphatic rings. The van der Waals surface area contributed by atoms with Gasteiger partial charge in [-0.3, -0.25) is 10.0 Å². The van der Waals surface area contributed by atoms with Crippen LogP contribution in [0.3, 0.4) is 0 Å². The Bertz CT molecular complexity index is 374. The van der Waals surface area contributed by atoms with Crippen LogP contribution in [0.4, 0.5) is 0 Å². The number of carbonyl (C=O) groups excluding carboxylic acids is 1. The molecule has 0 heterocycles. The van der Waals surface area contributed by atoms with Gasteiger partial charge in [0.15, 0.2) is 0 Å². The van der Waals surface area contributed by atoms with Gasteiger partial charge in [-0.05, 0) is 17.2 Å². The molecule has 0 aromatic heterocycles. The third kappa shape index (κ3) is 5.26. The highest BCUT2D eigenvalue weighted by atomic mass is 16.5. The van der Waals surface area contributed by atoms with Gasteiger partial charge >= 0.3 is 0 Å². The Hall–Kier alpha value is -1.69. The Morgan fingerprint density at radius 1 is 1.29 bits per heavy atom. The van der Waals surface area contributed by atoms with Gasteiger partial charge in [-0.25, -0.2) is 5.48 Å². The molecule has 1 aromatic rings. The predicted octanol–water partition coefficient (Wildman–Crippen LogP) is 0.287. The summed E-state index contributed by atoms with van der Waals surface area (Å²) < 4.78 is 0. The number of hydrogen-bond donors (Lipinski definition) is 4. The molecule has 0 radical (unpaired) electrons. The van der Waals surface area contributed by atoms with E-state index in [4.69, 9.17) is 10.3 Å². The molecule has 0 aliphatic carbocycles. The van der Waals surface area contributed by atoms with Crippen LogP contribution in [0.25, 0.3) is 6.08 Å². The zero-order chi connectivity index (χ0) is 12.5. The quantitative estimate of drug-likeness (QED) is 0.248. The summed E-state index contributed by atoms with van der Waals surface area (Å²) in [5, 5.41) is 20.0. The van der Waals surface area contributed by atoms with E-state index in [9.17, 15) is 4.79 Å². The molecule has 5 heteroatoms. The third-order valence-corrected chi connectivity index (χ3v) is 2.13. The standard InChI is InChI=1S/C12H16N2O3/c15-8-7-13-9-11-3-1-10(2-4-11)5-6-12(16)14-17/h1-6,13,15,17H,7-9H2,(H,14,16)/b6-5+. The fourth-order valence-electron chi connectivity index (χ4n) is 1.27. The third-order valence-electron chi connectivity index (χ3n) is 2.13. The van der Waals surface area contributed by atoms with Crippen LogP contribution < -0.4 is 10.8 Å². The first-order chi connectivity index (χ1) is 8.26. The monoisotopic (exact) mass is 236 g/mol. The van der Waals surface area contributed by atoms with E-state index in [0.29, 0.717) is 13.1 Å². The average molecular weight is 236 g/mol. The Morgan fingerprint density at radius 2 is 2.00 bits per heavy atom. The zero-order valence-electron chi connectivity index (χ0n) is 9.39. The first-order valence-corrected chi connectivity index (χ1v) is 5.29. The number of amides is 1. The minimum Gasteiger partial charge on any atom is -0.395 e. The normalized spacial score (nSPS) is 10.7. The van der Waals surface area contributed by atoms with E-state index in [0.717, 1.165) is 11.1 Å².